The summed E-state index contributed by atoms with van der Waals surface area (Å²) in [5, 5.41) is 26.1. The maximum Gasteiger partial charge on any atom is 0.326 e. The van der Waals surface area contributed by atoms with Crippen molar-refractivity contribution in [3.8, 4) is 0 Å². The van der Waals surface area contributed by atoms with E-state index in [2.05, 4.69) is 16.0 Å². The lowest BCUT2D eigenvalue weighted by atomic mass is 10.00. The quantitative estimate of drug-likeness (QED) is 0.192. The molecular weight excluding hydrogens is 424 g/mol. The Hall–Kier alpha value is -1.85. The van der Waals surface area contributed by atoms with Crippen LogP contribution in [-0.4, -0.2) is 76.7 Å². The molecule has 0 aliphatic carbocycles. The molecule has 0 aliphatic heterocycles. The van der Waals surface area contributed by atoms with E-state index in [-0.39, 0.29) is 18.3 Å². The van der Waals surface area contributed by atoms with Crippen LogP contribution in [0.4, 0.5) is 0 Å². The zero-order valence-electron chi connectivity index (χ0n) is 19.0. The molecule has 0 aromatic heterocycles. The number of nitrogens with one attached hydrogen (secondary N) is 3. The molecule has 31 heavy (non-hydrogen) atoms. The molecule has 0 aromatic rings. The molecule has 0 rings (SSSR count). The molecule has 4 unspecified atom stereocenters. The van der Waals surface area contributed by atoms with Crippen LogP contribution in [0, 0.1) is 11.8 Å². The summed E-state index contributed by atoms with van der Waals surface area (Å²) >= 11 is 1.49. The Kier molecular flexibility index (Phi) is 14.1. The van der Waals surface area contributed by atoms with Crippen LogP contribution in [0.1, 0.15) is 47.0 Å². The molecule has 0 aromatic carbocycles. The third-order valence-electron chi connectivity index (χ3n) is 4.44. The zero-order chi connectivity index (χ0) is 24.1. The third kappa shape index (κ3) is 11.9. The van der Waals surface area contributed by atoms with Gasteiger partial charge in [0.2, 0.25) is 17.7 Å². The van der Waals surface area contributed by atoms with Gasteiger partial charge in [0.05, 0.1) is 6.61 Å². The van der Waals surface area contributed by atoms with Crippen LogP contribution in [-0.2, 0) is 19.2 Å². The molecule has 0 bridgehead atoms. The second-order valence-electron chi connectivity index (χ2n) is 8.35. The lowest BCUT2D eigenvalue weighted by Crippen LogP contribution is -2.57. The van der Waals surface area contributed by atoms with Crippen LogP contribution in [0.15, 0.2) is 0 Å². The number of aliphatic hydroxyl groups is 1. The highest BCUT2D eigenvalue weighted by atomic mass is 32.2. The molecule has 11 heteroatoms. The lowest BCUT2D eigenvalue weighted by molar-refractivity contribution is -0.143. The van der Waals surface area contributed by atoms with Gasteiger partial charge in [-0.1, -0.05) is 27.7 Å². The van der Waals surface area contributed by atoms with Crippen molar-refractivity contribution in [2.75, 3.05) is 18.6 Å². The SMILES string of the molecule is CSCCC(NC(=O)C(N)CO)C(=O)NC(CC(C)C)C(=O)NC(CC(C)C)C(=O)O. The van der Waals surface area contributed by atoms with Crippen molar-refractivity contribution < 1.29 is 29.4 Å². The third-order valence-corrected chi connectivity index (χ3v) is 5.08. The maximum atomic E-state index is 12.9. The molecule has 10 nitrogen and oxygen atoms in total. The minimum atomic E-state index is -1.16. The van der Waals surface area contributed by atoms with E-state index in [0.717, 1.165) is 0 Å². The number of carbonyl (C=O) groups is 4. The molecule has 4 atom stereocenters. The van der Waals surface area contributed by atoms with E-state index in [1.165, 1.54) is 11.8 Å². The highest BCUT2D eigenvalue weighted by Crippen LogP contribution is 2.10. The first-order valence-corrected chi connectivity index (χ1v) is 11.8. The summed E-state index contributed by atoms with van der Waals surface area (Å²) < 4.78 is 0. The van der Waals surface area contributed by atoms with Gasteiger partial charge in [0.15, 0.2) is 0 Å². The van der Waals surface area contributed by atoms with Gasteiger partial charge in [0, 0.05) is 0 Å². The summed E-state index contributed by atoms with van der Waals surface area (Å²) in [5.74, 6) is -2.28. The van der Waals surface area contributed by atoms with Gasteiger partial charge in [-0.15, -0.1) is 0 Å². The molecule has 0 saturated heterocycles. The average molecular weight is 463 g/mol. The molecule has 180 valence electrons. The van der Waals surface area contributed by atoms with Gasteiger partial charge in [-0.2, -0.15) is 11.8 Å². The summed E-state index contributed by atoms with van der Waals surface area (Å²) in [7, 11) is 0. The maximum absolute atomic E-state index is 12.9. The van der Waals surface area contributed by atoms with Gasteiger partial charge >= 0.3 is 5.97 Å². The van der Waals surface area contributed by atoms with E-state index in [9.17, 15) is 24.3 Å². The molecule has 7 N–H and O–H groups in total. The van der Waals surface area contributed by atoms with Crippen molar-refractivity contribution in [3.05, 3.63) is 0 Å². The summed E-state index contributed by atoms with van der Waals surface area (Å²) in [6.45, 7) is 6.90. The minimum Gasteiger partial charge on any atom is -0.480 e. The fourth-order valence-electron chi connectivity index (χ4n) is 2.81. The van der Waals surface area contributed by atoms with E-state index >= 15 is 0 Å². The molecular formula is C20H38N4O6S. The van der Waals surface area contributed by atoms with Crippen LogP contribution < -0.4 is 21.7 Å². The number of rotatable bonds is 15. The van der Waals surface area contributed by atoms with Gasteiger partial charge in [-0.25, -0.2) is 4.79 Å². The Morgan fingerprint density at radius 1 is 0.839 bits per heavy atom. The van der Waals surface area contributed by atoms with Gasteiger partial charge in [-0.3, -0.25) is 14.4 Å². The summed E-state index contributed by atoms with van der Waals surface area (Å²) in [6.07, 6.45) is 2.71. The molecule has 0 radical (unpaired) electrons. The van der Waals surface area contributed by atoms with Gasteiger partial charge in [0.25, 0.3) is 0 Å². The van der Waals surface area contributed by atoms with Crippen LogP contribution >= 0.6 is 11.8 Å². The van der Waals surface area contributed by atoms with Crippen molar-refractivity contribution in [2.45, 2.75) is 71.1 Å². The summed E-state index contributed by atoms with van der Waals surface area (Å²) in [4.78, 5) is 49.2. The molecule has 3 amide bonds. The lowest BCUT2D eigenvalue weighted by Gasteiger charge is -2.26. The number of aliphatic hydroxyl groups excluding tert-OH is 1. The predicted octanol–water partition coefficient (Wildman–Crippen LogP) is -0.310. The minimum absolute atomic E-state index is 0.0477. The highest BCUT2D eigenvalue weighted by molar-refractivity contribution is 7.98. The molecule has 0 fully saturated rings. The molecule has 0 heterocycles. The fraction of sp³-hybridized carbons (Fsp3) is 0.800. The van der Waals surface area contributed by atoms with Crippen LogP contribution in [0.2, 0.25) is 0 Å². The summed E-state index contributed by atoms with van der Waals surface area (Å²) in [6, 6.07) is -4.12. The van der Waals surface area contributed by atoms with Gasteiger partial charge < -0.3 is 31.9 Å². The first-order valence-electron chi connectivity index (χ1n) is 10.4. The topological polar surface area (TPSA) is 171 Å². The molecule has 0 spiro atoms. The normalized spacial score (nSPS) is 15.1. The van der Waals surface area contributed by atoms with E-state index < -0.39 is 54.5 Å². The number of nitrogens with two attached hydrogens (primary N) is 1. The number of hydrogen-bond acceptors (Lipinski definition) is 7. The van der Waals surface area contributed by atoms with Crippen molar-refractivity contribution in [2.24, 2.45) is 17.6 Å². The van der Waals surface area contributed by atoms with Gasteiger partial charge in [-0.05, 0) is 43.1 Å². The number of carboxylic acid groups (broad SMARTS) is 1. The fourth-order valence-corrected chi connectivity index (χ4v) is 3.28. The highest BCUT2D eigenvalue weighted by Gasteiger charge is 2.30. The van der Waals surface area contributed by atoms with Crippen molar-refractivity contribution >= 4 is 35.5 Å². The van der Waals surface area contributed by atoms with Gasteiger partial charge in [0.1, 0.15) is 24.2 Å². The average Bonchev–Trinajstić information content (AvgIpc) is 2.68. The standard InChI is InChI=1S/C20H38N4O6S/c1-11(2)8-15(19(28)24-16(20(29)30)9-12(3)4)23-18(27)14(6-7-31-5)22-17(26)13(21)10-25/h11-16,25H,6-10,21H2,1-5H3,(H,22,26)(H,23,27)(H,24,28)(H,29,30). The van der Waals surface area contributed by atoms with Crippen molar-refractivity contribution in [1.29, 1.82) is 0 Å². The van der Waals surface area contributed by atoms with E-state index in [1.54, 1.807) is 0 Å². The summed E-state index contributed by atoms with van der Waals surface area (Å²) in [5.41, 5.74) is 5.51. The number of thioether (sulfide) groups is 1. The van der Waals surface area contributed by atoms with E-state index in [4.69, 9.17) is 10.8 Å². The number of carboxylic acids is 1. The van der Waals surface area contributed by atoms with Crippen LogP contribution in [0.25, 0.3) is 0 Å². The van der Waals surface area contributed by atoms with Crippen LogP contribution in [0.3, 0.4) is 0 Å². The Balaban J connectivity index is 5.41. The van der Waals surface area contributed by atoms with Crippen molar-refractivity contribution in [1.82, 2.24) is 16.0 Å². The van der Waals surface area contributed by atoms with E-state index in [0.29, 0.717) is 18.6 Å². The Morgan fingerprint density at radius 3 is 1.74 bits per heavy atom. The Morgan fingerprint density at radius 2 is 1.29 bits per heavy atom. The predicted molar refractivity (Wildman–Crippen MR) is 120 cm³/mol. The molecule has 0 saturated carbocycles. The number of aliphatic carboxylic acids is 1. The van der Waals surface area contributed by atoms with Crippen LogP contribution in [0.5, 0.6) is 0 Å². The second-order valence-corrected chi connectivity index (χ2v) is 9.34. The number of carbonyl (C=O) groups excluding carboxylic acids is 3. The zero-order valence-corrected chi connectivity index (χ0v) is 19.8. The first kappa shape index (κ1) is 29.1. The number of amides is 3. The smallest absolute Gasteiger partial charge is 0.326 e. The Labute approximate surface area is 188 Å². The van der Waals surface area contributed by atoms with E-state index in [1.807, 2.05) is 34.0 Å². The molecule has 0 aliphatic rings. The number of hydrogen-bond donors (Lipinski definition) is 6. The Bertz CT molecular complexity index is 602. The van der Waals surface area contributed by atoms with Crippen molar-refractivity contribution in [3.63, 3.8) is 0 Å². The second kappa shape index (κ2) is 15.0. The monoisotopic (exact) mass is 462 g/mol. The first-order chi connectivity index (χ1) is 14.4. The largest absolute Gasteiger partial charge is 0.480 e.